The summed E-state index contributed by atoms with van der Waals surface area (Å²) in [7, 11) is 0. The van der Waals surface area contributed by atoms with Crippen molar-refractivity contribution in [1.82, 2.24) is 9.97 Å². The summed E-state index contributed by atoms with van der Waals surface area (Å²) in [6, 6.07) is 8.07. The van der Waals surface area contributed by atoms with Crippen molar-refractivity contribution >= 4 is 11.8 Å². The van der Waals surface area contributed by atoms with Crippen LogP contribution in [0.1, 0.15) is 50.4 Å². The second-order valence-corrected chi connectivity index (χ2v) is 6.53. The topological polar surface area (TPSA) is 87.0 Å². The van der Waals surface area contributed by atoms with E-state index in [1.807, 2.05) is 31.2 Å². The van der Waals surface area contributed by atoms with Crippen molar-refractivity contribution in [2.45, 2.75) is 46.0 Å². The lowest BCUT2D eigenvalue weighted by atomic mass is 9.85. The number of aryl methyl sites for hydroxylation is 1. The molecule has 0 atom stereocenters. The van der Waals surface area contributed by atoms with Crippen LogP contribution in [0.3, 0.4) is 0 Å². The first kappa shape index (κ1) is 18.6. The highest BCUT2D eigenvalue weighted by atomic mass is 16.5. The molecule has 1 aromatic heterocycles. The SMILES string of the molecule is CCCCOc1ccc(C(C)(C)C#Cc2c(C)nc(N)nc2N)cc1. The number of aromatic nitrogens is 2. The van der Waals surface area contributed by atoms with Crippen LogP contribution in [0, 0.1) is 18.8 Å². The molecule has 2 rings (SSSR count). The van der Waals surface area contributed by atoms with Gasteiger partial charge in [0, 0.05) is 0 Å². The van der Waals surface area contributed by atoms with Gasteiger partial charge >= 0.3 is 0 Å². The van der Waals surface area contributed by atoms with Gasteiger partial charge in [-0.3, -0.25) is 0 Å². The van der Waals surface area contributed by atoms with Gasteiger partial charge < -0.3 is 16.2 Å². The Labute approximate surface area is 149 Å². The molecule has 1 heterocycles. The Hall–Kier alpha value is -2.74. The van der Waals surface area contributed by atoms with Gasteiger partial charge in [-0.05, 0) is 44.9 Å². The van der Waals surface area contributed by atoms with Crippen LogP contribution in [0.2, 0.25) is 0 Å². The maximum atomic E-state index is 5.92. The number of nitrogens with zero attached hydrogens (tertiary/aromatic N) is 2. The van der Waals surface area contributed by atoms with Gasteiger partial charge in [0.25, 0.3) is 0 Å². The number of rotatable bonds is 5. The third-order valence-corrected chi connectivity index (χ3v) is 3.98. The average molecular weight is 338 g/mol. The summed E-state index contributed by atoms with van der Waals surface area (Å²) in [5.41, 5.74) is 13.6. The number of hydrogen-bond donors (Lipinski definition) is 2. The van der Waals surface area contributed by atoms with Crippen molar-refractivity contribution < 1.29 is 4.74 Å². The lowest BCUT2D eigenvalue weighted by molar-refractivity contribution is 0.309. The first-order valence-corrected chi connectivity index (χ1v) is 8.49. The molecule has 5 nitrogen and oxygen atoms in total. The Morgan fingerprint density at radius 2 is 1.80 bits per heavy atom. The molecule has 0 saturated carbocycles. The number of nitrogens with two attached hydrogens (primary N) is 2. The zero-order valence-electron chi connectivity index (χ0n) is 15.4. The molecule has 132 valence electrons. The molecule has 0 aliphatic heterocycles. The minimum absolute atomic E-state index is 0.165. The Balaban J connectivity index is 2.20. The molecule has 0 aliphatic carbocycles. The maximum Gasteiger partial charge on any atom is 0.222 e. The van der Waals surface area contributed by atoms with Crippen LogP contribution in [-0.2, 0) is 5.41 Å². The van der Waals surface area contributed by atoms with Crippen LogP contribution in [0.5, 0.6) is 5.75 Å². The molecule has 0 radical (unpaired) electrons. The molecule has 5 heteroatoms. The van der Waals surface area contributed by atoms with E-state index in [0.717, 1.165) is 30.8 Å². The Kier molecular flexibility index (Phi) is 5.87. The quantitative estimate of drug-likeness (QED) is 0.644. The first-order valence-electron chi connectivity index (χ1n) is 8.49. The molecular formula is C20H26N4O. The van der Waals surface area contributed by atoms with Crippen LogP contribution in [0.15, 0.2) is 24.3 Å². The smallest absolute Gasteiger partial charge is 0.222 e. The average Bonchev–Trinajstić information content (AvgIpc) is 2.54. The van der Waals surface area contributed by atoms with E-state index in [9.17, 15) is 0 Å². The number of benzene rings is 1. The van der Waals surface area contributed by atoms with Gasteiger partial charge in [-0.2, -0.15) is 4.98 Å². The van der Waals surface area contributed by atoms with Gasteiger partial charge in [0.05, 0.1) is 23.3 Å². The predicted octanol–water partition coefficient (Wildman–Crippen LogP) is 3.46. The van der Waals surface area contributed by atoms with Crippen LogP contribution in [0.25, 0.3) is 0 Å². The molecule has 0 spiro atoms. The minimum Gasteiger partial charge on any atom is -0.494 e. The lowest BCUT2D eigenvalue weighted by Gasteiger charge is -2.19. The van der Waals surface area contributed by atoms with Crippen LogP contribution in [-0.4, -0.2) is 16.6 Å². The van der Waals surface area contributed by atoms with Gasteiger partial charge in [-0.15, -0.1) is 0 Å². The highest BCUT2D eigenvalue weighted by Gasteiger charge is 2.18. The number of hydrogen-bond acceptors (Lipinski definition) is 5. The van der Waals surface area contributed by atoms with Crippen molar-refractivity contribution in [3.05, 3.63) is 41.1 Å². The van der Waals surface area contributed by atoms with Gasteiger partial charge in [0.2, 0.25) is 5.95 Å². The second kappa shape index (κ2) is 7.89. The van der Waals surface area contributed by atoms with Crippen molar-refractivity contribution in [3.63, 3.8) is 0 Å². The summed E-state index contributed by atoms with van der Waals surface area (Å²) in [5.74, 6) is 7.75. The van der Waals surface area contributed by atoms with Gasteiger partial charge in [-0.25, -0.2) is 4.98 Å². The molecule has 0 unspecified atom stereocenters. The predicted molar refractivity (Wildman–Crippen MR) is 102 cm³/mol. The zero-order valence-corrected chi connectivity index (χ0v) is 15.4. The third-order valence-electron chi connectivity index (χ3n) is 3.98. The maximum absolute atomic E-state index is 5.92. The van der Waals surface area contributed by atoms with E-state index in [-0.39, 0.29) is 11.4 Å². The molecule has 1 aromatic carbocycles. The number of anilines is 2. The van der Waals surface area contributed by atoms with Crippen molar-refractivity contribution in [3.8, 4) is 17.6 Å². The van der Waals surface area contributed by atoms with Crippen molar-refractivity contribution in [1.29, 1.82) is 0 Å². The summed E-state index contributed by atoms with van der Waals surface area (Å²) >= 11 is 0. The van der Waals surface area contributed by atoms with Crippen LogP contribution in [0.4, 0.5) is 11.8 Å². The minimum atomic E-state index is -0.345. The summed E-state index contributed by atoms with van der Waals surface area (Å²) in [6.45, 7) is 8.85. The fraction of sp³-hybridized carbons (Fsp3) is 0.400. The highest BCUT2D eigenvalue weighted by Crippen LogP contribution is 2.25. The van der Waals surface area contributed by atoms with Crippen molar-refractivity contribution in [2.24, 2.45) is 0 Å². The van der Waals surface area contributed by atoms with E-state index in [2.05, 4.69) is 42.6 Å². The second-order valence-electron chi connectivity index (χ2n) is 6.53. The Morgan fingerprint density at radius 3 is 2.40 bits per heavy atom. The fourth-order valence-corrected chi connectivity index (χ4v) is 2.36. The molecule has 25 heavy (non-hydrogen) atoms. The van der Waals surface area contributed by atoms with Gasteiger partial charge in [-0.1, -0.05) is 37.3 Å². The zero-order chi connectivity index (χ0) is 18.4. The first-order chi connectivity index (χ1) is 11.8. The van der Waals surface area contributed by atoms with Crippen LogP contribution >= 0.6 is 0 Å². The summed E-state index contributed by atoms with van der Waals surface area (Å²) in [5, 5.41) is 0. The number of nitrogen functional groups attached to an aromatic ring is 2. The molecule has 4 N–H and O–H groups in total. The molecule has 0 saturated heterocycles. The summed E-state index contributed by atoms with van der Waals surface area (Å²) in [6.07, 6.45) is 2.18. The summed E-state index contributed by atoms with van der Waals surface area (Å²) in [4.78, 5) is 8.10. The van der Waals surface area contributed by atoms with Gasteiger partial charge in [0.1, 0.15) is 11.6 Å². The van der Waals surface area contributed by atoms with E-state index in [0.29, 0.717) is 17.1 Å². The lowest BCUT2D eigenvalue weighted by Crippen LogP contribution is -2.14. The fourth-order valence-electron chi connectivity index (χ4n) is 2.36. The van der Waals surface area contributed by atoms with E-state index >= 15 is 0 Å². The Bertz CT molecular complexity index is 763. The molecule has 0 amide bonds. The number of unbranched alkanes of at least 4 members (excludes halogenated alkanes) is 1. The normalized spacial score (nSPS) is 10.9. The molecule has 0 fully saturated rings. The summed E-state index contributed by atoms with van der Waals surface area (Å²) < 4.78 is 5.71. The van der Waals surface area contributed by atoms with Crippen LogP contribution < -0.4 is 16.2 Å². The van der Waals surface area contributed by atoms with E-state index < -0.39 is 0 Å². The molecule has 0 aliphatic rings. The molecule has 0 bridgehead atoms. The van der Waals surface area contributed by atoms with E-state index in [1.54, 1.807) is 0 Å². The van der Waals surface area contributed by atoms with Crippen molar-refractivity contribution in [2.75, 3.05) is 18.1 Å². The molecular weight excluding hydrogens is 312 g/mol. The highest BCUT2D eigenvalue weighted by molar-refractivity contribution is 5.56. The standard InChI is InChI=1S/C20H26N4O/c1-5-6-13-25-16-9-7-15(8-10-16)20(3,4)12-11-17-14(2)23-19(22)24-18(17)21/h7-10H,5-6,13H2,1-4H3,(H4,21,22,23,24). The van der Waals surface area contributed by atoms with Gasteiger partial charge in [0.15, 0.2) is 0 Å². The van der Waals surface area contributed by atoms with E-state index in [1.165, 1.54) is 0 Å². The largest absolute Gasteiger partial charge is 0.494 e. The number of ether oxygens (including phenoxy) is 1. The third kappa shape index (κ3) is 4.87. The monoisotopic (exact) mass is 338 g/mol. The van der Waals surface area contributed by atoms with E-state index in [4.69, 9.17) is 16.2 Å². The Morgan fingerprint density at radius 1 is 1.12 bits per heavy atom. The molecule has 2 aromatic rings.